The van der Waals surface area contributed by atoms with Crippen LogP contribution in [0.1, 0.15) is 23.4 Å². The van der Waals surface area contributed by atoms with Gasteiger partial charge in [0.15, 0.2) is 4.80 Å². The standard InChI is InChI=1S/C15H15ClN2O2S/c16-10-5-7-11(8-6-10)20-14(19)9-18-12-3-1-2-4-13(12)21-15(18)17/h5-8,17H,1-4,9H2. The van der Waals surface area contributed by atoms with E-state index in [0.717, 1.165) is 25.0 Å². The molecule has 0 amide bonds. The van der Waals surface area contributed by atoms with Crippen LogP contribution in [0.3, 0.4) is 0 Å². The van der Waals surface area contributed by atoms with E-state index in [0.29, 0.717) is 15.6 Å². The molecule has 2 aromatic rings. The Labute approximate surface area is 131 Å². The van der Waals surface area contributed by atoms with E-state index in [1.807, 2.05) is 0 Å². The van der Waals surface area contributed by atoms with E-state index in [2.05, 4.69) is 0 Å². The number of nitrogens with zero attached hydrogens (tertiary/aromatic N) is 1. The van der Waals surface area contributed by atoms with Gasteiger partial charge < -0.3 is 9.30 Å². The zero-order chi connectivity index (χ0) is 14.8. The lowest BCUT2D eigenvalue weighted by atomic mass is 10.0. The zero-order valence-electron chi connectivity index (χ0n) is 11.4. The summed E-state index contributed by atoms with van der Waals surface area (Å²) in [5, 5.41) is 8.63. The second-order valence-corrected chi connectivity index (χ2v) is 6.52. The van der Waals surface area contributed by atoms with Crippen molar-refractivity contribution in [1.82, 2.24) is 4.57 Å². The van der Waals surface area contributed by atoms with Crippen LogP contribution < -0.4 is 9.54 Å². The van der Waals surface area contributed by atoms with E-state index < -0.39 is 0 Å². The summed E-state index contributed by atoms with van der Waals surface area (Å²) in [5.41, 5.74) is 1.13. The molecule has 0 saturated carbocycles. The first-order chi connectivity index (χ1) is 10.1. The maximum atomic E-state index is 12.0. The van der Waals surface area contributed by atoms with Crippen molar-refractivity contribution < 1.29 is 9.53 Å². The van der Waals surface area contributed by atoms with Crippen LogP contribution in [0.15, 0.2) is 24.3 Å². The number of aryl methyl sites for hydroxylation is 1. The molecule has 1 N–H and O–H groups in total. The van der Waals surface area contributed by atoms with Gasteiger partial charge in [-0.05, 0) is 49.9 Å². The van der Waals surface area contributed by atoms with E-state index >= 15 is 0 Å². The van der Waals surface area contributed by atoms with Gasteiger partial charge in [-0.1, -0.05) is 11.6 Å². The van der Waals surface area contributed by atoms with Gasteiger partial charge in [0.1, 0.15) is 12.3 Å². The molecule has 0 radical (unpaired) electrons. The van der Waals surface area contributed by atoms with E-state index in [1.54, 1.807) is 28.8 Å². The molecule has 1 aliphatic carbocycles. The first kappa shape index (κ1) is 14.4. The van der Waals surface area contributed by atoms with Gasteiger partial charge in [0.2, 0.25) is 0 Å². The minimum atomic E-state index is -0.359. The molecule has 1 heterocycles. The van der Waals surface area contributed by atoms with Crippen molar-refractivity contribution in [3.05, 3.63) is 44.7 Å². The highest BCUT2D eigenvalue weighted by Gasteiger charge is 2.18. The second-order valence-electron chi connectivity index (χ2n) is 5.00. The second kappa shape index (κ2) is 6.03. The highest BCUT2D eigenvalue weighted by atomic mass is 35.5. The van der Waals surface area contributed by atoms with E-state index in [4.69, 9.17) is 21.7 Å². The van der Waals surface area contributed by atoms with Crippen LogP contribution in [-0.2, 0) is 24.2 Å². The Kier molecular flexibility index (Phi) is 4.12. The Morgan fingerprint density at radius 1 is 1.29 bits per heavy atom. The maximum Gasteiger partial charge on any atom is 0.331 e. The molecule has 21 heavy (non-hydrogen) atoms. The Morgan fingerprint density at radius 3 is 2.76 bits per heavy atom. The number of hydrogen-bond acceptors (Lipinski definition) is 4. The third-order valence-corrected chi connectivity index (χ3v) is 4.86. The largest absolute Gasteiger partial charge is 0.425 e. The van der Waals surface area contributed by atoms with Crippen LogP contribution >= 0.6 is 22.9 Å². The molecule has 3 rings (SSSR count). The van der Waals surface area contributed by atoms with Crippen LogP contribution in [0.25, 0.3) is 0 Å². The molecule has 0 fully saturated rings. The molecule has 0 atom stereocenters. The van der Waals surface area contributed by atoms with E-state index in [9.17, 15) is 4.79 Å². The van der Waals surface area contributed by atoms with Gasteiger partial charge in [0.05, 0.1) is 0 Å². The summed E-state index contributed by atoms with van der Waals surface area (Å²) in [6.45, 7) is 0.0906. The van der Waals surface area contributed by atoms with Crippen LogP contribution in [-0.4, -0.2) is 10.5 Å². The summed E-state index contributed by atoms with van der Waals surface area (Å²) in [6.07, 6.45) is 4.25. The lowest BCUT2D eigenvalue weighted by Gasteiger charge is -2.14. The van der Waals surface area contributed by atoms with Gasteiger partial charge >= 0.3 is 5.97 Å². The van der Waals surface area contributed by atoms with Crippen molar-refractivity contribution in [3.63, 3.8) is 0 Å². The van der Waals surface area contributed by atoms with Crippen molar-refractivity contribution >= 4 is 28.9 Å². The van der Waals surface area contributed by atoms with Crippen LogP contribution in [0.5, 0.6) is 5.75 Å². The fourth-order valence-corrected chi connectivity index (χ4v) is 3.73. The third kappa shape index (κ3) is 3.19. The first-order valence-electron chi connectivity index (χ1n) is 6.86. The average molecular weight is 323 g/mol. The average Bonchev–Trinajstić information content (AvgIpc) is 2.78. The summed E-state index contributed by atoms with van der Waals surface area (Å²) < 4.78 is 7.07. The summed E-state index contributed by atoms with van der Waals surface area (Å²) >= 11 is 7.27. The number of carbonyl (C=O) groups excluding carboxylic acids is 1. The normalized spacial score (nSPS) is 13.8. The smallest absolute Gasteiger partial charge is 0.331 e. The Hall–Kier alpha value is -1.59. The number of rotatable bonds is 3. The number of aromatic nitrogens is 1. The van der Waals surface area contributed by atoms with Crippen molar-refractivity contribution in [2.24, 2.45) is 0 Å². The van der Waals surface area contributed by atoms with Gasteiger partial charge in [-0.3, -0.25) is 5.41 Å². The summed E-state index contributed by atoms with van der Waals surface area (Å²) in [7, 11) is 0. The van der Waals surface area contributed by atoms with Crippen LogP contribution in [0.4, 0.5) is 0 Å². The Morgan fingerprint density at radius 2 is 2.00 bits per heavy atom. The minimum Gasteiger partial charge on any atom is -0.425 e. The number of esters is 1. The number of carbonyl (C=O) groups is 1. The number of fused-ring (bicyclic) bond motifs is 1. The molecule has 6 heteroatoms. The van der Waals surface area contributed by atoms with Gasteiger partial charge in [0, 0.05) is 15.6 Å². The molecule has 0 bridgehead atoms. The molecule has 110 valence electrons. The SMILES string of the molecule is N=c1sc2c(n1CC(=O)Oc1ccc(Cl)cc1)CCCC2. The summed E-state index contributed by atoms with van der Waals surface area (Å²) in [4.78, 5) is 13.7. The quantitative estimate of drug-likeness (QED) is 0.697. The highest BCUT2D eigenvalue weighted by Crippen LogP contribution is 2.23. The fourth-order valence-electron chi connectivity index (χ4n) is 2.51. The highest BCUT2D eigenvalue weighted by molar-refractivity contribution is 7.09. The van der Waals surface area contributed by atoms with Gasteiger partial charge in [-0.25, -0.2) is 4.79 Å². The van der Waals surface area contributed by atoms with Gasteiger partial charge in [-0.2, -0.15) is 0 Å². The van der Waals surface area contributed by atoms with Crippen LogP contribution in [0, 0.1) is 5.41 Å². The van der Waals surface area contributed by atoms with E-state index in [1.165, 1.54) is 22.6 Å². The lowest BCUT2D eigenvalue weighted by Crippen LogP contribution is -2.25. The number of benzene rings is 1. The lowest BCUT2D eigenvalue weighted by molar-refractivity contribution is -0.135. The van der Waals surface area contributed by atoms with Crippen LogP contribution in [0.2, 0.25) is 5.02 Å². The molecular formula is C15H15ClN2O2S. The fraction of sp³-hybridized carbons (Fsp3) is 0.333. The summed E-state index contributed by atoms with van der Waals surface area (Å²) in [5.74, 6) is 0.114. The molecule has 1 aromatic carbocycles. The van der Waals surface area contributed by atoms with Gasteiger partial charge in [-0.15, -0.1) is 11.3 Å². The Balaban J connectivity index is 1.74. The van der Waals surface area contributed by atoms with Crippen molar-refractivity contribution in [2.75, 3.05) is 0 Å². The Bertz CT molecular complexity index is 718. The van der Waals surface area contributed by atoms with Crippen molar-refractivity contribution in [1.29, 1.82) is 5.41 Å². The topological polar surface area (TPSA) is 55.1 Å². The van der Waals surface area contributed by atoms with E-state index in [-0.39, 0.29) is 12.5 Å². The maximum absolute atomic E-state index is 12.0. The molecule has 0 spiro atoms. The summed E-state index contributed by atoms with van der Waals surface area (Å²) in [6, 6.07) is 6.69. The minimum absolute atomic E-state index is 0.0906. The van der Waals surface area contributed by atoms with Gasteiger partial charge in [0.25, 0.3) is 0 Å². The molecule has 0 unspecified atom stereocenters. The molecule has 1 aromatic heterocycles. The number of hydrogen-bond donors (Lipinski definition) is 1. The number of thiazole rings is 1. The van der Waals surface area contributed by atoms with Crippen molar-refractivity contribution in [3.8, 4) is 5.75 Å². The molecule has 4 nitrogen and oxygen atoms in total. The third-order valence-electron chi connectivity index (χ3n) is 3.51. The van der Waals surface area contributed by atoms with Crippen molar-refractivity contribution in [2.45, 2.75) is 32.2 Å². The number of nitrogens with one attached hydrogen (secondary N) is 1. The number of ether oxygens (including phenoxy) is 1. The monoisotopic (exact) mass is 322 g/mol. The molecule has 0 aliphatic heterocycles. The predicted molar refractivity (Wildman–Crippen MR) is 81.9 cm³/mol. The zero-order valence-corrected chi connectivity index (χ0v) is 13.0. The molecule has 1 aliphatic rings. The predicted octanol–water partition coefficient (Wildman–Crippen LogP) is 3.17. The number of halogens is 1. The molecule has 0 saturated heterocycles. The molecular weight excluding hydrogens is 308 g/mol. The first-order valence-corrected chi connectivity index (χ1v) is 8.05.